The average Bonchev–Trinajstić information content (AvgIpc) is 3.37. The van der Waals surface area contributed by atoms with E-state index in [9.17, 15) is 19.7 Å². The topological polar surface area (TPSA) is 148 Å². The van der Waals surface area contributed by atoms with E-state index in [1.165, 1.54) is 22.6 Å². The molecule has 12 nitrogen and oxygen atoms in total. The van der Waals surface area contributed by atoms with E-state index >= 15 is 0 Å². The molecule has 12 heteroatoms. The first-order valence-electron chi connectivity index (χ1n) is 12.5. The Bertz CT molecular complexity index is 1100. The molecule has 3 rings (SSSR count). The third kappa shape index (κ3) is 7.35. The highest BCUT2D eigenvalue weighted by Crippen LogP contribution is 2.32. The fourth-order valence-electron chi connectivity index (χ4n) is 4.30. The Kier molecular flexibility index (Phi) is 9.72. The van der Waals surface area contributed by atoms with Gasteiger partial charge in [0.15, 0.2) is 0 Å². The van der Waals surface area contributed by atoms with Gasteiger partial charge < -0.3 is 20.3 Å². The van der Waals surface area contributed by atoms with Gasteiger partial charge in [0.05, 0.1) is 11.5 Å². The number of anilines is 2. The standard InChI is InChI=1S/C25H35N7O5/c1-4-12-29(3)25(34)23-27-22(26)21(32(35)36)24(28-23)31(17-20(33)37-5-2)16-19-10-8-18(9-11-19)15-30-13-6-7-14-30/h8-11H,4-7,12-17H2,1-3H3,(H2,26,27,28). The molecule has 1 saturated heterocycles. The Balaban J connectivity index is 1.96. The van der Waals surface area contributed by atoms with Crippen LogP contribution < -0.4 is 10.6 Å². The van der Waals surface area contributed by atoms with Gasteiger partial charge >= 0.3 is 11.7 Å². The number of hydrogen-bond acceptors (Lipinski definition) is 10. The number of carbonyl (C=O) groups excluding carboxylic acids is 2. The molecular formula is C25H35N7O5. The average molecular weight is 514 g/mol. The number of nitrogen functional groups attached to an aromatic ring is 1. The zero-order chi connectivity index (χ0) is 26.9. The van der Waals surface area contributed by atoms with Gasteiger partial charge in [0.2, 0.25) is 17.5 Å². The van der Waals surface area contributed by atoms with Crippen molar-refractivity contribution in [2.45, 2.75) is 46.2 Å². The van der Waals surface area contributed by atoms with Gasteiger partial charge in [-0.05, 0) is 50.4 Å². The molecule has 2 aromatic rings. The van der Waals surface area contributed by atoms with E-state index in [0.717, 1.165) is 30.8 Å². The lowest BCUT2D eigenvalue weighted by Gasteiger charge is -2.24. The number of aromatic nitrogens is 2. The first-order valence-corrected chi connectivity index (χ1v) is 12.5. The second kappa shape index (κ2) is 12.9. The van der Waals surface area contributed by atoms with Gasteiger partial charge in [-0.1, -0.05) is 31.2 Å². The molecule has 1 fully saturated rings. The molecule has 0 aliphatic carbocycles. The number of nitrogens with two attached hydrogens (primary N) is 1. The zero-order valence-corrected chi connectivity index (χ0v) is 21.7. The van der Waals surface area contributed by atoms with E-state index in [1.807, 2.05) is 31.2 Å². The van der Waals surface area contributed by atoms with Crippen molar-refractivity contribution in [2.75, 3.05) is 50.5 Å². The molecule has 2 N–H and O–H groups in total. The summed E-state index contributed by atoms with van der Waals surface area (Å²) in [5, 5.41) is 11.9. The third-order valence-corrected chi connectivity index (χ3v) is 6.10. The molecule has 37 heavy (non-hydrogen) atoms. The van der Waals surface area contributed by atoms with Crippen molar-refractivity contribution in [3.05, 3.63) is 51.3 Å². The number of hydrogen-bond donors (Lipinski definition) is 1. The van der Waals surface area contributed by atoms with Crippen LogP contribution in [0.1, 0.15) is 54.9 Å². The number of benzene rings is 1. The van der Waals surface area contributed by atoms with E-state index in [2.05, 4.69) is 14.9 Å². The van der Waals surface area contributed by atoms with Crippen LogP contribution in [-0.4, -0.2) is 76.4 Å². The zero-order valence-electron chi connectivity index (χ0n) is 21.7. The third-order valence-electron chi connectivity index (χ3n) is 6.10. The van der Waals surface area contributed by atoms with Crippen molar-refractivity contribution < 1.29 is 19.2 Å². The highest BCUT2D eigenvalue weighted by atomic mass is 16.6. The van der Waals surface area contributed by atoms with Crippen LogP contribution in [-0.2, 0) is 22.6 Å². The molecule has 0 unspecified atom stereocenters. The normalized spacial score (nSPS) is 13.4. The largest absolute Gasteiger partial charge is 0.465 e. The van der Waals surface area contributed by atoms with Crippen molar-refractivity contribution in [2.24, 2.45) is 0 Å². The lowest BCUT2D eigenvalue weighted by Crippen LogP contribution is -2.34. The van der Waals surface area contributed by atoms with Crippen molar-refractivity contribution >= 4 is 29.2 Å². The van der Waals surface area contributed by atoms with E-state index in [0.29, 0.717) is 13.0 Å². The minimum Gasteiger partial charge on any atom is -0.465 e. The van der Waals surface area contributed by atoms with Crippen LogP contribution in [0.25, 0.3) is 0 Å². The van der Waals surface area contributed by atoms with E-state index in [-0.39, 0.29) is 31.3 Å². The maximum atomic E-state index is 12.9. The maximum Gasteiger partial charge on any atom is 0.353 e. The maximum absolute atomic E-state index is 12.9. The highest BCUT2D eigenvalue weighted by molar-refractivity contribution is 5.92. The summed E-state index contributed by atoms with van der Waals surface area (Å²) < 4.78 is 5.10. The lowest BCUT2D eigenvalue weighted by molar-refractivity contribution is -0.383. The number of likely N-dealkylation sites (tertiary alicyclic amines) is 1. The number of carbonyl (C=O) groups is 2. The van der Waals surface area contributed by atoms with E-state index in [4.69, 9.17) is 10.5 Å². The summed E-state index contributed by atoms with van der Waals surface area (Å²) in [6, 6.07) is 7.85. The molecule has 0 bridgehead atoms. The first-order chi connectivity index (χ1) is 17.7. The Hall–Kier alpha value is -3.80. The smallest absolute Gasteiger partial charge is 0.353 e. The quantitative estimate of drug-likeness (QED) is 0.255. The molecule has 0 saturated carbocycles. The Morgan fingerprint density at radius 2 is 1.78 bits per heavy atom. The van der Waals surface area contributed by atoms with Crippen LogP contribution in [0.5, 0.6) is 0 Å². The van der Waals surface area contributed by atoms with Gasteiger partial charge in [-0.3, -0.25) is 24.6 Å². The fraction of sp³-hybridized carbons (Fsp3) is 0.520. The van der Waals surface area contributed by atoms with Gasteiger partial charge in [-0.25, -0.2) is 0 Å². The number of ether oxygens (including phenoxy) is 1. The van der Waals surface area contributed by atoms with Gasteiger partial charge in [0.1, 0.15) is 6.54 Å². The number of nitro groups is 1. The molecular weight excluding hydrogens is 478 g/mol. The van der Waals surface area contributed by atoms with Gasteiger partial charge in [-0.2, -0.15) is 9.97 Å². The van der Waals surface area contributed by atoms with Crippen LogP contribution >= 0.6 is 0 Å². The van der Waals surface area contributed by atoms with Gasteiger partial charge in [0.25, 0.3) is 5.91 Å². The predicted octanol–water partition coefficient (Wildman–Crippen LogP) is 2.61. The fourth-order valence-corrected chi connectivity index (χ4v) is 4.30. The van der Waals surface area contributed by atoms with Crippen LogP contribution in [0, 0.1) is 10.1 Å². The number of amides is 1. The van der Waals surface area contributed by atoms with Crippen LogP contribution in [0.2, 0.25) is 0 Å². The van der Waals surface area contributed by atoms with Crippen LogP contribution in [0.4, 0.5) is 17.3 Å². The summed E-state index contributed by atoms with van der Waals surface area (Å²) in [7, 11) is 1.59. The monoisotopic (exact) mass is 513 g/mol. The number of nitrogens with zero attached hydrogens (tertiary/aromatic N) is 6. The second-order valence-electron chi connectivity index (χ2n) is 9.05. The Morgan fingerprint density at radius 3 is 2.38 bits per heavy atom. The SMILES string of the molecule is CCCN(C)C(=O)c1nc(N)c([N+](=O)[O-])c(N(CC(=O)OCC)Cc2ccc(CN3CCCC3)cc2)n1. The van der Waals surface area contributed by atoms with Crippen LogP contribution in [0.3, 0.4) is 0 Å². The number of esters is 1. The van der Waals surface area contributed by atoms with E-state index < -0.39 is 28.3 Å². The van der Waals surface area contributed by atoms with E-state index in [1.54, 1.807) is 14.0 Å². The minimum absolute atomic E-state index is 0.110. The minimum atomic E-state index is -0.702. The Labute approximate surface area is 216 Å². The van der Waals surface area contributed by atoms with Crippen LogP contribution in [0.15, 0.2) is 24.3 Å². The lowest BCUT2D eigenvalue weighted by atomic mass is 10.1. The van der Waals surface area contributed by atoms with Gasteiger partial charge in [0, 0.05) is 26.7 Å². The predicted molar refractivity (Wildman–Crippen MR) is 139 cm³/mol. The molecule has 200 valence electrons. The summed E-state index contributed by atoms with van der Waals surface area (Å²) in [6.45, 7) is 7.01. The Morgan fingerprint density at radius 1 is 1.14 bits per heavy atom. The molecule has 0 atom stereocenters. The first kappa shape index (κ1) is 27.8. The highest BCUT2D eigenvalue weighted by Gasteiger charge is 2.31. The summed E-state index contributed by atoms with van der Waals surface area (Å²) in [5.74, 6) is -2.04. The molecule has 1 aliphatic heterocycles. The molecule has 1 amide bonds. The number of rotatable bonds is 12. The summed E-state index contributed by atoms with van der Waals surface area (Å²) in [5.41, 5.74) is 7.34. The van der Waals surface area contributed by atoms with Crippen molar-refractivity contribution in [1.82, 2.24) is 19.8 Å². The molecule has 1 aromatic heterocycles. The molecule has 1 aromatic carbocycles. The van der Waals surface area contributed by atoms with Crippen molar-refractivity contribution in [3.8, 4) is 0 Å². The molecule has 0 spiro atoms. The summed E-state index contributed by atoms with van der Waals surface area (Å²) >= 11 is 0. The molecule has 1 aliphatic rings. The summed E-state index contributed by atoms with van der Waals surface area (Å²) in [4.78, 5) is 49.9. The van der Waals surface area contributed by atoms with Gasteiger partial charge in [-0.15, -0.1) is 0 Å². The molecule has 2 heterocycles. The molecule has 0 radical (unpaired) electrons. The second-order valence-corrected chi connectivity index (χ2v) is 9.05. The van der Waals surface area contributed by atoms with Crippen molar-refractivity contribution in [1.29, 1.82) is 0 Å². The summed E-state index contributed by atoms with van der Waals surface area (Å²) in [6.07, 6.45) is 3.13. The van der Waals surface area contributed by atoms with Crippen molar-refractivity contribution in [3.63, 3.8) is 0 Å².